The summed E-state index contributed by atoms with van der Waals surface area (Å²) in [6, 6.07) is 6.05. The first-order valence-corrected chi connectivity index (χ1v) is 6.99. The Morgan fingerprint density at radius 1 is 1.56 bits per heavy atom. The monoisotopic (exact) mass is 375 g/mol. The molecular weight excluding hydrogens is 361 g/mol. The lowest BCUT2D eigenvalue weighted by Crippen LogP contribution is -2.32. The fourth-order valence-corrected chi connectivity index (χ4v) is 3.14. The molecular formula is C12H14IN3OS. The van der Waals surface area contributed by atoms with E-state index in [4.69, 9.17) is 18.0 Å². The van der Waals surface area contributed by atoms with Crippen LogP contribution in [0, 0.1) is 8.34 Å². The molecule has 18 heavy (non-hydrogen) atoms. The van der Waals surface area contributed by atoms with Crippen molar-refractivity contribution in [3.05, 3.63) is 26.5 Å². The minimum absolute atomic E-state index is 0.250. The largest absolute Gasteiger partial charge is 0.370 e. The topological polar surface area (TPSA) is 63.8 Å². The zero-order valence-electron chi connectivity index (χ0n) is 10.2. The average molecular weight is 375 g/mol. The maximum absolute atomic E-state index is 11.2. The smallest absolute Gasteiger partial charge is 0.219 e. The van der Waals surface area contributed by atoms with Crippen molar-refractivity contribution in [2.75, 3.05) is 0 Å². The Labute approximate surface area is 124 Å². The summed E-state index contributed by atoms with van der Waals surface area (Å²) in [5.41, 5.74) is 6.84. The van der Waals surface area contributed by atoms with Gasteiger partial charge in [-0.15, -0.1) is 0 Å². The fourth-order valence-electron chi connectivity index (χ4n) is 2.19. The van der Waals surface area contributed by atoms with Gasteiger partial charge in [0.15, 0.2) is 4.77 Å². The third-order valence-corrected chi connectivity index (χ3v) is 3.81. The van der Waals surface area contributed by atoms with Crippen molar-refractivity contribution in [3.8, 4) is 0 Å². The van der Waals surface area contributed by atoms with Gasteiger partial charge in [-0.3, -0.25) is 4.79 Å². The van der Waals surface area contributed by atoms with E-state index in [1.807, 2.05) is 36.6 Å². The molecule has 6 heteroatoms. The van der Waals surface area contributed by atoms with Gasteiger partial charge in [0.2, 0.25) is 5.91 Å². The quantitative estimate of drug-likeness (QED) is 0.640. The number of fused-ring (bicyclic) bond motifs is 1. The van der Waals surface area contributed by atoms with Gasteiger partial charge in [0.1, 0.15) is 0 Å². The van der Waals surface area contributed by atoms with Crippen molar-refractivity contribution in [1.82, 2.24) is 9.55 Å². The van der Waals surface area contributed by atoms with Crippen LogP contribution in [0.1, 0.15) is 20.3 Å². The number of aromatic amines is 1. The van der Waals surface area contributed by atoms with Gasteiger partial charge < -0.3 is 15.3 Å². The van der Waals surface area contributed by atoms with Crippen LogP contribution in [0.3, 0.4) is 0 Å². The SMILES string of the molecule is CC(C)(CC(N)=O)n1c(=S)[nH]c2cc(I)ccc21. The number of H-pyrrole nitrogens is 1. The number of benzene rings is 1. The molecule has 1 aromatic heterocycles. The van der Waals surface area contributed by atoms with Gasteiger partial charge in [0, 0.05) is 9.99 Å². The van der Waals surface area contributed by atoms with E-state index in [2.05, 4.69) is 27.6 Å². The molecule has 0 saturated carbocycles. The molecule has 0 atom stereocenters. The standard InChI is InChI=1S/C12H14IN3OS/c1-12(2,6-10(14)17)16-9-4-3-7(13)5-8(9)15-11(16)18/h3-5H,6H2,1-2H3,(H2,14,17)(H,15,18). The minimum atomic E-state index is -0.437. The second-order valence-electron chi connectivity index (χ2n) is 4.88. The van der Waals surface area contributed by atoms with E-state index in [1.165, 1.54) is 0 Å². The lowest BCUT2D eigenvalue weighted by molar-refractivity contribution is -0.119. The first-order chi connectivity index (χ1) is 8.31. The maximum atomic E-state index is 11.2. The van der Waals surface area contributed by atoms with E-state index in [-0.39, 0.29) is 12.3 Å². The second kappa shape index (κ2) is 4.65. The molecule has 1 amide bonds. The Morgan fingerprint density at radius 3 is 2.83 bits per heavy atom. The number of amides is 1. The van der Waals surface area contributed by atoms with Crippen LogP contribution >= 0.6 is 34.8 Å². The Morgan fingerprint density at radius 2 is 2.22 bits per heavy atom. The average Bonchev–Trinajstić information content (AvgIpc) is 2.51. The van der Waals surface area contributed by atoms with Crippen LogP contribution in [-0.2, 0) is 10.3 Å². The maximum Gasteiger partial charge on any atom is 0.219 e. The summed E-state index contributed by atoms with van der Waals surface area (Å²) in [6.45, 7) is 3.91. The van der Waals surface area contributed by atoms with Crippen LogP contribution in [0.15, 0.2) is 18.2 Å². The zero-order valence-corrected chi connectivity index (χ0v) is 13.1. The van der Waals surface area contributed by atoms with E-state index >= 15 is 0 Å². The summed E-state index contributed by atoms with van der Waals surface area (Å²) in [5.74, 6) is -0.332. The number of imidazole rings is 1. The fraction of sp³-hybridized carbons (Fsp3) is 0.333. The van der Waals surface area contributed by atoms with Crippen molar-refractivity contribution < 1.29 is 4.79 Å². The van der Waals surface area contributed by atoms with Crippen molar-refractivity contribution in [2.24, 2.45) is 5.73 Å². The van der Waals surface area contributed by atoms with Gasteiger partial charge in [-0.25, -0.2) is 0 Å². The normalized spacial score (nSPS) is 11.9. The molecule has 4 nitrogen and oxygen atoms in total. The molecule has 0 bridgehead atoms. The van der Waals surface area contributed by atoms with Crippen molar-refractivity contribution in [3.63, 3.8) is 0 Å². The van der Waals surface area contributed by atoms with Gasteiger partial charge in [-0.05, 0) is 66.9 Å². The Hall–Kier alpha value is -0.890. The van der Waals surface area contributed by atoms with Crippen LogP contribution < -0.4 is 5.73 Å². The Balaban J connectivity index is 2.67. The third kappa shape index (κ3) is 2.44. The molecule has 0 unspecified atom stereocenters. The number of nitrogens with zero attached hydrogens (tertiary/aromatic N) is 1. The number of hydrogen-bond donors (Lipinski definition) is 2. The lowest BCUT2D eigenvalue weighted by atomic mass is 10.00. The molecule has 1 heterocycles. The highest BCUT2D eigenvalue weighted by Gasteiger charge is 2.25. The molecule has 1 aromatic carbocycles. The van der Waals surface area contributed by atoms with Crippen LogP contribution in [-0.4, -0.2) is 15.5 Å². The van der Waals surface area contributed by atoms with E-state index in [0.717, 1.165) is 14.6 Å². The minimum Gasteiger partial charge on any atom is -0.370 e. The summed E-state index contributed by atoms with van der Waals surface area (Å²) in [5, 5.41) is 0. The Bertz CT molecular complexity index is 672. The van der Waals surface area contributed by atoms with Gasteiger partial charge in [0.25, 0.3) is 0 Å². The van der Waals surface area contributed by atoms with E-state index in [0.29, 0.717) is 4.77 Å². The number of aromatic nitrogens is 2. The van der Waals surface area contributed by atoms with Crippen molar-refractivity contribution in [1.29, 1.82) is 0 Å². The molecule has 0 aliphatic rings. The zero-order chi connectivity index (χ0) is 13.5. The highest BCUT2D eigenvalue weighted by molar-refractivity contribution is 14.1. The van der Waals surface area contributed by atoms with E-state index in [9.17, 15) is 4.79 Å². The number of hydrogen-bond acceptors (Lipinski definition) is 2. The molecule has 0 spiro atoms. The summed E-state index contributed by atoms with van der Waals surface area (Å²) >= 11 is 7.60. The number of rotatable bonds is 3. The molecule has 0 saturated heterocycles. The molecule has 96 valence electrons. The first-order valence-electron chi connectivity index (χ1n) is 5.50. The highest BCUT2D eigenvalue weighted by Crippen LogP contribution is 2.27. The number of carbonyl (C=O) groups is 1. The number of nitrogens with two attached hydrogens (primary N) is 1. The van der Waals surface area contributed by atoms with Gasteiger partial charge in [-0.1, -0.05) is 0 Å². The molecule has 0 aliphatic carbocycles. The summed E-state index contributed by atoms with van der Waals surface area (Å²) in [7, 11) is 0. The number of primary amides is 1. The predicted octanol–water partition coefficient (Wildman–Crippen LogP) is 2.91. The first kappa shape index (κ1) is 13.5. The van der Waals surface area contributed by atoms with Crippen LogP contribution in [0.4, 0.5) is 0 Å². The van der Waals surface area contributed by atoms with Gasteiger partial charge in [0.05, 0.1) is 16.6 Å². The number of halogens is 1. The molecule has 2 aromatic rings. The highest BCUT2D eigenvalue weighted by atomic mass is 127. The van der Waals surface area contributed by atoms with Gasteiger partial charge >= 0.3 is 0 Å². The molecule has 3 N–H and O–H groups in total. The lowest BCUT2D eigenvalue weighted by Gasteiger charge is -2.26. The van der Waals surface area contributed by atoms with Crippen LogP contribution in [0.25, 0.3) is 11.0 Å². The molecule has 2 rings (SSSR count). The van der Waals surface area contributed by atoms with E-state index < -0.39 is 5.54 Å². The molecule has 0 fully saturated rings. The number of carbonyl (C=O) groups excluding carboxylic acids is 1. The Kier molecular flexibility index (Phi) is 3.50. The third-order valence-electron chi connectivity index (χ3n) is 2.86. The summed E-state index contributed by atoms with van der Waals surface area (Å²) < 4.78 is 3.70. The van der Waals surface area contributed by atoms with Crippen LogP contribution in [0.5, 0.6) is 0 Å². The summed E-state index contributed by atoms with van der Waals surface area (Å²) in [4.78, 5) is 14.3. The predicted molar refractivity (Wildman–Crippen MR) is 83.0 cm³/mol. The van der Waals surface area contributed by atoms with E-state index in [1.54, 1.807) is 0 Å². The second-order valence-corrected chi connectivity index (χ2v) is 6.51. The van der Waals surface area contributed by atoms with Gasteiger partial charge in [-0.2, -0.15) is 0 Å². The van der Waals surface area contributed by atoms with Crippen LogP contribution in [0.2, 0.25) is 0 Å². The van der Waals surface area contributed by atoms with Crippen molar-refractivity contribution >= 4 is 51.7 Å². The molecule has 0 aliphatic heterocycles. The number of nitrogens with one attached hydrogen (secondary N) is 1. The molecule has 0 radical (unpaired) electrons. The summed E-state index contributed by atoms with van der Waals surface area (Å²) in [6.07, 6.45) is 0.250. The van der Waals surface area contributed by atoms with Crippen molar-refractivity contribution in [2.45, 2.75) is 25.8 Å².